The standard InChI is InChI=1S/C16H24N4O7S/c1-4-5-8-17-15(21)11-27-16(22)10-18-28(25,26)12-6-7-13(19(2)3)14(9-12)20(23)24/h6-7,9,18H,4-5,8,10-11H2,1-3H3,(H,17,21). The summed E-state index contributed by atoms with van der Waals surface area (Å²) in [5.41, 5.74) is -0.156. The zero-order valence-corrected chi connectivity index (χ0v) is 16.7. The smallest absolute Gasteiger partial charge is 0.321 e. The molecular formula is C16H24N4O7S. The molecule has 11 nitrogen and oxygen atoms in total. The molecule has 1 rings (SSSR count). The third-order valence-electron chi connectivity index (χ3n) is 3.56. The average Bonchev–Trinajstić information content (AvgIpc) is 2.64. The monoisotopic (exact) mass is 416 g/mol. The maximum atomic E-state index is 12.3. The molecule has 0 bridgehead atoms. The van der Waals surface area contributed by atoms with Crippen LogP contribution >= 0.6 is 0 Å². The molecule has 0 aromatic heterocycles. The molecule has 1 aromatic rings. The number of hydrogen-bond donors (Lipinski definition) is 2. The topological polar surface area (TPSA) is 148 Å². The predicted molar refractivity (Wildman–Crippen MR) is 101 cm³/mol. The van der Waals surface area contributed by atoms with Crippen molar-refractivity contribution in [2.75, 3.05) is 38.7 Å². The van der Waals surface area contributed by atoms with Crippen LogP contribution in [0.25, 0.3) is 0 Å². The number of rotatable bonds is 11. The second kappa shape index (κ2) is 10.6. The minimum Gasteiger partial charge on any atom is -0.455 e. The van der Waals surface area contributed by atoms with E-state index in [1.165, 1.54) is 17.0 Å². The lowest BCUT2D eigenvalue weighted by atomic mass is 10.2. The van der Waals surface area contributed by atoms with E-state index in [0.29, 0.717) is 6.54 Å². The maximum Gasteiger partial charge on any atom is 0.321 e. The fourth-order valence-corrected chi connectivity index (χ4v) is 3.07. The van der Waals surface area contributed by atoms with E-state index in [2.05, 4.69) is 10.1 Å². The van der Waals surface area contributed by atoms with E-state index in [4.69, 9.17) is 0 Å². The first kappa shape index (κ1) is 23.3. The van der Waals surface area contributed by atoms with Crippen molar-refractivity contribution in [3.8, 4) is 0 Å². The van der Waals surface area contributed by atoms with Gasteiger partial charge in [0, 0.05) is 26.7 Å². The van der Waals surface area contributed by atoms with E-state index in [1.54, 1.807) is 14.1 Å². The van der Waals surface area contributed by atoms with Crippen molar-refractivity contribution in [1.82, 2.24) is 10.0 Å². The minimum atomic E-state index is -4.18. The van der Waals surface area contributed by atoms with Crippen LogP contribution in [0.1, 0.15) is 19.8 Å². The number of unbranched alkanes of at least 4 members (excludes halogenated alkanes) is 1. The number of sulfonamides is 1. The number of benzene rings is 1. The van der Waals surface area contributed by atoms with Gasteiger partial charge in [0.1, 0.15) is 12.2 Å². The molecule has 0 heterocycles. The lowest BCUT2D eigenvalue weighted by molar-refractivity contribution is -0.384. The second-order valence-electron chi connectivity index (χ2n) is 5.99. The molecule has 1 aromatic carbocycles. The first-order chi connectivity index (χ1) is 13.1. The Kier molecular flexibility index (Phi) is 8.79. The molecule has 2 N–H and O–H groups in total. The van der Waals surface area contributed by atoms with E-state index < -0.39 is 40.0 Å². The summed E-state index contributed by atoms with van der Waals surface area (Å²) in [7, 11) is -1.01. The molecule has 0 aliphatic heterocycles. The Morgan fingerprint density at radius 1 is 1.29 bits per heavy atom. The number of amides is 1. The number of hydrogen-bond acceptors (Lipinski definition) is 8. The van der Waals surface area contributed by atoms with E-state index >= 15 is 0 Å². The second-order valence-corrected chi connectivity index (χ2v) is 7.76. The summed E-state index contributed by atoms with van der Waals surface area (Å²) >= 11 is 0. The van der Waals surface area contributed by atoms with Crippen LogP contribution in [0.3, 0.4) is 0 Å². The van der Waals surface area contributed by atoms with Crippen molar-refractivity contribution >= 4 is 33.3 Å². The van der Waals surface area contributed by atoms with E-state index in [1.807, 2.05) is 11.6 Å². The summed E-state index contributed by atoms with van der Waals surface area (Å²) in [6.45, 7) is 1.18. The number of nitrogens with one attached hydrogen (secondary N) is 2. The number of nitro benzene ring substituents is 1. The van der Waals surface area contributed by atoms with Crippen LogP contribution in [0.5, 0.6) is 0 Å². The molecule has 0 aliphatic rings. The lowest BCUT2D eigenvalue weighted by Crippen LogP contribution is -2.34. The SMILES string of the molecule is CCCCNC(=O)COC(=O)CNS(=O)(=O)c1ccc(N(C)C)c([N+](=O)[O-])c1. The molecule has 1 amide bonds. The highest BCUT2D eigenvalue weighted by Crippen LogP contribution is 2.29. The third-order valence-corrected chi connectivity index (χ3v) is 4.96. The summed E-state index contributed by atoms with van der Waals surface area (Å²) in [6.07, 6.45) is 1.69. The van der Waals surface area contributed by atoms with Gasteiger partial charge in [-0.15, -0.1) is 0 Å². The number of nitrogens with zero attached hydrogens (tertiary/aromatic N) is 2. The number of nitro groups is 1. The van der Waals surface area contributed by atoms with Crippen molar-refractivity contribution in [2.24, 2.45) is 0 Å². The minimum absolute atomic E-state index is 0.234. The van der Waals surface area contributed by atoms with Crippen LogP contribution in [0.2, 0.25) is 0 Å². The summed E-state index contributed by atoms with van der Waals surface area (Å²) in [6, 6.07) is 3.40. The zero-order chi connectivity index (χ0) is 21.3. The Hall–Kier alpha value is -2.73. The van der Waals surface area contributed by atoms with E-state index in [0.717, 1.165) is 18.9 Å². The first-order valence-electron chi connectivity index (χ1n) is 8.46. The third kappa shape index (κ3) is 7.12. The van der Waals surface area contributed by atoms with Gasteiger partial charge < -0.3 is 15.0 Å². The van der Waals surface area contributed by atoms with E-state index in [9.17, 15) is 28.1 Å². The van der Waals surface area contributed by atoms with Gasteiger partial charge in [-0.2, -0.15) is 4.72 Å². The number of ether oxygens (including phenoxy) is 1. The highest BCUT2D eigenvalue weighted by molar-refractivity contribution is 7.89. The highest BCUT2D eigenvalue weighted by Gasteiger charge is 2.23. The molecule has 0 aliphatic carbocycles. The fraction of sp³-hybridized carbons (Fsp3) is 0.500. The Balaban J connectivity index is 2.69. The Labute approximate surface area is 163 Å². The van der Waals surface area contributed by atoms with Gasteiger partial charge >= 0.3 is 5.97 Å². The molecule has 0 atom stereocenters. The molecule has 12 heteroatoms. The summed E-state index contributed by atoms with van der Waals surface area (Å²) < 4.78 is 31.2. The van der Waals surface area contributed by atoms with E-state index in [-0.39, 0.29) is 16.3 Å². The van der Waals surface area contributed by atoms with Gasteiger partial charge in [0.2, 0.25) is 10.0 Å². The lowest BCUT2D eigenvalue weighted by Gasteiger charge is -2.13. The average molecular weight is 416 g/mol. The molecule has 0 radical (unpaired) electrons. The molecule has 0 saturated heterocycles. The van der Waals surface area contributed by atoms with Crippen molar-refractivity contribution in [1.29, 1.82) is 0 Å². The molecule has 156 valence electrons. The zero-order valence-electron chi connectivity index (χ0n) is 15.9. The van der Waals surface area contributed by atoms with Crippen LogP contribution < -0.4 is 14.9 Å². The quantitative estimate of drug-likeness (QED) is 0.228. The molecule has 0 unspecified atom stereocenters. The van der Waals surface area contributed by atoms with Crippen LogP contribution in [0, 0.1) is 10.1 Å². The number of esters is 1. The van der Waals surface area contributed by atoms with Crippen molar-refractivity contribution in [3.05, 3.63) is 28.3 Å². The van der Waals surface area contributed by atoms with Crippen LogP contribution in [0.15, 0.2) is 23.1 Å². The Morgan fingerprint density at radius 2 is 1.96 bits per heavy atom. The normalized spacial score (nSPS) is 11.0. The van der Waals surface area contributed by atoms with Gasteiger partial charge in [0.15, 0.2) is 6.61 Å². The van der Waals surface area contributed by atoms with Gasteiger partial charge in [0.25, 0.3) is 11.6 Å². The molecule has 0 spiro atoms. The van der Waals surface area contributed by atoms with Gasteiger partial charge in [0.05, 0.1) is 9.82 Å². The van der Waals surface area contributed by atoms with Crippen LogP contribution in [0.4, 0.5) is 11.4 Å². The number of carbonyl (C=O) groups is 2. The van der Waals surface area contributed by atoms with Gasteiger partial charge in [-0.3, -0.25) is 19.7 Å². The number of anilines is 1. The molecule has 0 saturated carbocycles. The largest absolute Gasteiger partial charge is 0.455 e. The first-order valence-corrected chi connectivity index (χ1v) is 9.94. The Bertz CT molecular complexity index is 824. The molecular weight excluding hydrogens is 392 g/mol. The van der Waals surface area contributed by atoms with Crippen LogP contribution in [-0.2, 0) is 24.3 Å². The van der Waals surface area contributed by atoms with Crippen molar-refractivity contribution < 1.29 is 27.7 Å². The fourth-order valence-electron chi connectivity index (χ4n) is 2.08. The summed E-state index contributed by atoms with van der Waals surface area (Å²) in [5, 5.41) is 13.7. The van der Waals surface area contributed by atoms with Gasteiger partial charge in [-0.25, -0.2) is 8.42 Å². The van der Waals surface area contributed by atoms with Gasteiger partial charge in [-0.05, 0) is 18.6 Å². The highest BCUT2D eigenvalue weighted by atomic mass is 32.2. The molecule has 28 heavy (non-hydrogen) atoms. The Morgan fingerprint density at radius 3 is 2.54 bits per heavy atom. The summed E-state index contributed by atoms with van der Waals surface area (Å²) in [5.74, 6) is -1.44. The predicted octanol–water partition coefficient (Wildman–Crippen LogP) is 0.399. The van der Waals surface area contributed by atoms with Gasteiger partial charge in [-0.1, -0.05) is 13.3 Å². The van der Waals surface area contributed by atoms with Crippen molar-refractivity contribution in [3.63, 3.8) is 0 Å². The number of carbonyl (C=O) groups excluding carboxylic acids is 2. The van der Waals surface area contributed by atoms with Crippen molar-refractivity contribution in [2.45, 2.75) is 24.7 Å². The molecule has 0 fully saturated rings. The van der Waals surface area contributed by atoms with Crippen LogP contribution in [-0.4, -0.2) is 59.0 Å². The summed E-state index contributed by atoms with van der Waals surface area (Å²) in [4.78, 5) is 34.7. The maximum absolute atomic E-state index is 12.3.